The number of thiophene rings is 1. The third-order valence-electron chi connectivity index (χ3n) is 3.45. The highest BCUT2D eigenvalue weighted by atomic mass is 32.1. The van der Waals surface area contributed by atoms with Gasteiger partial charge in [0.25, 0.3) is 0 Å². The Morgan fingerprint density at radius 3 is 2.86 bits per heavy atom. The highest BCUT2D eigenvalue weighted by Crippen LogP contribution is 2.24. The van der Waals surface area contributed by atoms with Crippen LogP contribution < -0.4 is 5.32 Å². The molecule has 3 rings (SSSR count). The Morgan fingerprint density at radius 2 is 2.05 bits per heavy atom. The molecule has 0 saturated carbocycles. The van der Waals surface area contributed by atoms with E-state index in [0.29, 0.717) is 0 Å². The van der Waals surface area contributed by atoms with Crippen LogP contribution in [0.25, 0.3) is 10.2 Å². The monoisotopic (exact) mass is 307 g/mol. The van der Waals surface area contributed by atoms with Crippen LogP contribution in [-0.4, -0.2) is 16.0 Å². The van der Waals surface area contributed by atoms with Gasteiger partial charge in [-0.1, -0.05) is 37.0 Å². The van der Waals surface area contributed by atoms with E-state index in [4.69, 9.17) is 0 Å². The first-order valence-electron chi connectivity index (χ1n) is 7.35. The molecule has 1 N–H and O–H groups in total. The number of hydrogen-bond donors (Lipinski definition) is 1. The van der Waals surface area contributed by atoms with Crippen molar-refractivity contribution in [2.75, 3.05) is 5.32 Å². The van der Waals surface area contributed by atoms with E-state index < -0.39 is 0 Å². The van der Waals surface area contributed by atoms with Crippen LogP contribution in [0, 0.1) is 11.8 Å². The van der Waals surface area contributed by atoms with Crippen molar-refractivity contribution >= 4 is 27.4 Å². The van der Waals surface area contributed by atoms with Gasteiger partial charge >= 0.3 is 0 Å². The summed E-state index contributed by atoms with van der Waals surface area (Å²) in [6.07, 6.45) is 3.41. The molecule has 3 nitrogen and oxygen atoms in total. The second-order valence-corrected chi connectivity index (χ2v) is 5.88. The molecule has 3 aromatic rings. The summed E-state index contributed by atoms with van der Waals surface area (Å²) in [5.41, 5.74) is 1.06. The maximum Gasteiger partial charge on any atom is 0.138 e. The lowest BCUT2D eigenvalue weighted by atomic mass is 10.1. The van der Waals surface area contributed by atoms with Crippen molar-refractivity contribution in [2.45, 2.75) is 25.8 Å². The van der Waals surface area contributed by atoms with E-state index in [2.05, 4.69) is 40.1 Å². The van der Waals surface area contributed by atoms with Crippen molar-refractivity contribution in [3.63, 3.8) is 0 Å². The van der Waals surface area contributed by atoms with Gasteiger partial charge < -0.3 is 5.32 Å². The number of fused-ring (bicyclic) bond motifs is 1. The van der Waals surface area contributed by atoms with Gasteiger partial charge in [0.05, 0.1) is 5.39 Å². The van der Waals surface area contributed by atoms with Crippen LogP contribution in [0.15, 0.2) is 48.1 Å². The maximum absolute atomic E-state index is 4.37. The lowest BCUT2D eigenvalue weighted by Gasteiger charge is -2.15. The van der Waals surface area contributed by atoms with Gasteiger partial charge in [-0.05, 0) is 30.0 Å². The minimum absolute atomic E-state index is 0.286. The fraction of sp³-hybridized carbons (Fsp3) is 0.222. The Kier molecular flexibility index (Phi) is 4.67. The van der Waals surface area contributed by atoms with Crippen LogP contribution in [0.3, 0.4) is 0 Å². The molecule has 110 valence electrons. The first kappa shape index (κ1) is 14.6. The molecule has 2 heterocycles. The Hall–Kier alpha value is -2.38. The van der Waals surface area contributed by atoms with Crippen LogP contribution in [0.2, 0.25) is 0 Å². The average molecular weight is 307 g/mol. The first-order valence-corrected chi connectivity index (χ1v) is 8.23. The van der Waals surface area contributed by atoms with E-state index >= 15 is 0 Å². The molecule has 0 bridgehead atoms. The zero-order valence-electron chi connectivity index (χ0n) is 12.4. The summed E-state index contributed by atoms with van der Waals surface area (Å²) in [5, 5.41) is 6.62. The Bertz CT molecular complexity index is 799. The molecule has 1 aromatic carbocycles. The molecule has 0 aliphatic carbocycles. The molecule has 1 atom stereocenters. The van der Waals surface area contributed by atoms with Crippen molar-refractivity contribution < 1.29 is 0 Å². The number of nitrogens with one attached hydrogen (secondary N) is 1. The normalized spacial score (nSPS) is 11.7. The minimum atomic E-state index is 0.286. The van der Waals surface area contributed by atoms with Crippen LogP contribution in [0.1, 0.15) is 25.3 Å². The fourth-order valence-electron chi connectivity index (χ4n) is 2.19. The van der Waals surface area contributed by atoms with Crippen LogP contribution in [0.5, 0.6) is 0 Å². The van der Waals surface area contributed by atoms with E-state index in [1.807, 2.05) is 35.7 Å². The van der Waals surface area contributed by atoms with Gasteiger partial charge in [-0.3, -0.25) is 0 Å². The van der Waals surface area contributed by atoms with E-state index in [-0.39, 0.29) is 6.04 Å². The van der Waals surface area contributed by atoms with Gasteiger partial charge in [0.2, 0.25) is 0 Å². The molecular weight excluding hydrogens is 290 g/mol. The van der Waals surface area contributed by atoms with Crippen molar-refractivity contribution in [3.05, 3.63) is 53.7 Å². The van der Waals surface area contributed by atoms with Crippen molar-refractivity contribution in [1.82, 2.24) is 9.97 Å². The average Bonchev–Trinajstić information content (AvgIpc) is 3.04. The van der Waals surface area contributed by atoms with Gasteiger partial charge in [0.15, 0.2) is 0 Å². The number of anilines is 1. The molecule has 22 heavy (non-hydrogen) atoms. The molecule has 0 spiro atoms. The van der Waals surface area contributed by atoms with Gasteiger partial charge in [0.1, 0.15) is 17.0 Å². The molecular formula is C18H17N3S. The smallest absolute Gasteiger partial charge is 0.138 e. The van der Waals surface area contributed by atoms with Gasteiger partial charge in [-0.2, -0.15) is 0 Å². The predicted octanol–water partition coefficient (Wildman–Crippen LogP) is 4.32. The molecule has 1 unspecified atom stereocenters. The number of nitrogens with zero attached hydrogens (tertiary/aromatic N) is 2. The highest BCUT2D eigenvalue weighted by molar-refractivity contribution is 7.16. The molecule has 0 amide bonds. The Morgan fingerprint density at radius 1 is 1.18 bits per heavy atom. The molecule has 0 fully saturated rings. The predicted molar refractivity (Wildman–Crippen MR) is 93.1 cm³/mol. The summed E-state index contributed by atoms with van der Waals surface area (Å²) < 4.78 is 0. The maximum atomic E-state index is 4.37. The van der Waals surface area contributed by atoms with Gasteiger partial charge in [-0.15, -0.1) is 11.3 Å². The first-order chi connectivity index (χ1) is 10.9. The number of rotatable bonds is 4. The van der Waals surface area contributed by atoms with Gasteiger partial charge in [0, 0.05) is 18.0 Å². The summed E-state index contributed by atoms with van der Waals surface area (Å²) in [6, 6.07) is 12.4. The standard InChI is InChI=1S/C18H17N3S/c1-2-15(10-6-9-14-7-4-3-5-8-14)21-17-16-11-12-22-18(16)20-13-19-17/h3-5,7-8,11-13,15H,2,10H2,1H3,(H,19,20,21). The zero-order valence-corrected chi connectivity index (χ0v) is 13.2. The van der Waals surface area contributed by atoms with Crippen molar-refractivity contribution in [3.8, 4) is 11.8 Å². The summed E-state index contributed by atoms with van der Waals surface area (Å²) in [4.78, 5) is 9.66. The van der Waals surface area contributed by atoms with E-state index in [1.54, 1.807) is 17.7 Å². The third kappa shape index (κ3) is 3.44. The van der Waals surface area contributed by atoms with Gasteiger partial charge in [-0.25, -0.2) is 9.97 Å². The fourth-order valence-corrected chi connectivity index (χ4v) is 2.93. The summed E-state index contributed by atoms with van der Waals surface area (Å²) in [7, 11) is 0. The lowest BCUT2D eigenvalue weighted by Crippen LogP contribution is -2.18. The van der Waals surface area contributed by atoms with Crippen LogP contribution in [0.4, 0.5) is 5.82 Å². The molecule has 0 aliphatic heterocycles. The van der Waals surface area contributed by atoms with Crippen LogP contribution >= 0.6 is 11.3 Å². The molecule has 0 saturated heterocycles. The third-order valence-corrected chi connectivity index (χ3v) is 4.27. The summed E-state index contributed by atoms with van der Waals surface area (Å²) in [5.74, 6) is 7.37. The number of aromatic nitrogens is 2. The minimum Gasteiger partial charge on any atom is -0.366 e. The Balaban J connectivity index is 1.70. The molecule has 2 aromatic heterocycles. The van der Waals surface area contributed by atoms with E-state index in [9.17, 15) is 0 Å². The molecule has 4 heteroatoms. The van der Waals surface area contributed by atoms with Crippen LogP contribution in [-0.2, 0) is 0 Å². The largest absolute Gasteiger partial charge is 0.366 e. The quantitative estimate of drug-likeness (QED) is 0.729. The summed E-state index contributed by atoms with van der Waals surface area (Å²) >= 11 is 1.63. The van der Waals surface area contributed by atoms with E-state index in [1.165, 1.54) is 0 Å². The van der Waals surface area contributed by atoms with E-state index in [0.717, 1.165) is 34.4 Å². The second kappa shape index (κ2) is 7.06. The number of hydrogen-bond acceptors (Lipinski definition) is 4. The number of benzene rings is 1. The summed E-state index contributed by atoms with van der Waals surface area (Å²) in [6.45, 7) is 2.16. The SMILES string of the molecule is CCC(CC#Cc1ccccc1)Nc1ncnc2sccc12. The van der Waals surface area contributed by atoms with Crippen molar-refractivity contribution in [1.29, 1.82) is 0 Å². The lowest BCUT2D eigenvalue weighted by molar-refractivity contribution is 0.712. The molecule has 0 radical (unpaired) electrons. The van der Waals surface area contributed by atoms with Crippen molar-refractivity contribution in [2.24, 2.45) is 0 Å². The second-order valence-electron chi connectivity index (χ2n) is 4.98. The molecule has 0 aliphatic rings. The topological polar surface area (TPSA) is 37.8 Å². The highest BCUT2D eigenvalue weighted by Gasteiger charge is 2.09. The Labute approximate surface area is 134 Å². The zero-order chi connectivity index (χ0) is 15.2.